The molecule has 2 atom stereocenters. The van der Waals surface area contributed by atoms with Crippen LogP contribution in [-0.2, 0) is 14.3 Å². The van der Waals surface area contributed by atoms with E-state index in [1.165, 1.54) is 12.8 Å². The van der Waals surface area contributed by atoms with Gasteiger partial charge in [0, 0.05) is 13.2 Å². The lowest BCUT2D eigenvalue weighted by molar-refractivity contribution is -0.161. The average Bonchev–Trinajstić information content (AvgIpc) is 2.76. The summed E-state index contributed by atoms with van der Waals surface area (Å²) < 4.78 is 11.3. The van der Waals surface area contributed by atoms with Crippen molar-refractivity contribution in [2.75, 3.05) is 19.7 Å². The van der Waals surface area contributed by atoms with Gasteiger partial charge in [-0.15, -0.1) is 0 Å². The van der Waals surface area contributed by atoms with Gasteiger partial charge in [-0.3, -0.25) is 9.69 Å². The Bertz CT molecular complexity index is 305. The van der Waals surface area contributed by atoms with Gasteiger partial charge in [-0.2, -0.15) is 0 Å². The lowest BCUT2D eigenvalue weighted by Gasteiger charge is -2.31. The molecule has 2 saturated heterocycles. The fraction of sp³-hybridized carbons (Fsp3) is 0.933. The van der Waals surface area contributed by atoms with Crippen LogP contribution < -0.4 is 0 Å². The molecule has 2 aliphatic heterocycles. The molecular weight excluding hydrogens is 242 g/mol. The third-order valence-electron chi connectivity index (χ3n) is 3.75. The van der Waals surface area contributed by atoms with Crippen LogP contribution in [0, 0.1) is 0 Å². The van der Waals surface area contributed by atoms with Gasteiger partial charge in [-0.1, -0.05) is 0 Å². The maximum absolute atomic E-state index is 12.2. The average molecular weight is 269 g/mol. The van der Waals surface area contributed by atoms with Crippen molar-refractivity contribution in [2.24, 2.45) is 0 Å². The fourth-order valence-electron chi connectivity index (χ4n) is 2.89. The van der Waals surface area contributed by atoms with E-state index in [9.17, 15) is 4.79 Å². The molecule has 2 rings (SSSR count). The summed E-state index contributed by atoms with van der Waals surface area (Å²) in [6, 6.07) is -0.0650. The summed E-state index contributed by atoms with van der Waals surface area (Å²) in [7, 11) is 0. The molecule has 0 spiro atoms. The van der Waals surface area contributed by atoms with E-state index < -0.39 is 5.60 Å². The third kappa shape index (κ3) is 4.46. The Morgan fingerprint density at radius 2 is 2.05 bits per heavy atom. The van der Waals surface area contributed by atoms with Gasteiger partial charge in [-0.05, 0) is 59.4 Å². The molecule has 0 radical (unpaired) electrons. The molecule has 2 fully saturated rings. The maximum atomic E-state index is 12.2. The highest BCUT2D eigenvalue weighted by Gasteiger charge is 2.35. The van der Waals surface area contributed by atoms with Crippen LogP contribution in [0.4, 0.5) is 0 Å². The van der Waals surface area contributed by atoms with Crippen molar-refractivity contribution in [3.8, 4) is 0 Å². The van der Waals surface area contributed by atoms with Crippen LogP contribution in [-0.4, -0.2) is 48.3 Å². The zero-order chi connectivity index (χ0) is 13.9. The first-order chi connectivity index (χ1) is 8.96. The van der Waals surface area contributed by atoms with Crippen LogP contribution in [0.5, 0.6) is 0 Å². The molecule has 4 nitrogen and oxygen atoms in total. The number of carbonyl (C=O) groups excluding carboxylic acids is 1. The standard InChI is InChI=1S/C15H27NO3/c1-15(2,3)19-14(17)13-8-6-9-16(13)11-12-7-4-5-10-18-12/h12-13H,4-11H2,1-3H3/t12?,13-/m0/s1. The molecule has 0 aliphatic carbocycles. The van der Waals surface area contributed by atoms with Crippen molar-refractivity contribution in [1.82, 2.24) is 4.90 Å². The van der Waals surface area contributed by atoms with Gasteiger partial charge < -0.3 is 9.47 Å². The Kier molecular flexibility index (Phi) is 4.85. The quantitative estimate of drug-likeness (QED) is 0.737. The summed E-state index contributed by atoms with van der Waals surface area (Å²) >= 11 is 0. The van der Waals surface area contributed by atoms with E-state index in [0.29, 0.717) is 6.10 Å². The summed E-state index contributed by atoms with van der Waals surface area (Å²) in [6.07, 6.45) is 5.84. The third-order valence-corrected chi connectivity index (χ3v) is 3.75. The molecule has 0 amide bonds. The van der Waals surface area contributed by atoms with Crippen LogP contribution in [0.15, 0.2) is 0 Å². The van der Waals surface area contributed by atoms with Crippen molar-refractivity contribution in [3.05, 3.63) is 0 Å². The normalized spacial score (nSPS) is 29.4. The first kappa shape index (κ1) is 14.8. The molecule has 0 N–H and O–H groups in total. The zero-order valence-electron chi connectivity index (χ0n) is 12.5. The largest absolute Gasteiger partial charge is 0.459 e. The molecular formula is C15H27NO3. The molecule has 1 unspecified atom stereocenters. The summed E-state index contributed by atoms with van der Waals surface area (Å²) in [4.78, 5) is 14.5. The highest BCUT2D eigenvalue weighted by atomic mass is 16.6. The van der Waals surface area contributed by atoms with Gasteiger partial charge in [0.25, 0.3) is 0 Å². The van der Waals surface area contributed by atoms with E-state index in [1.54, 1.807) is 0 Å². The number of rotatable bonds is 3. The monoisotopic (exact) mass is 269 g/mol. The highest BCUT2D eigenvalue weighted by molar-refractivity contribution is 5.76. The number of esters is 1. The molecule has 19 heavy (non-hydrogen) atoms. The smallest absolute Gasteiger partial charge is 0.323 e. The van der Waals surface area contributed by atoms with Crippen LogP contribution in [0.2, 0.25) is 0 Å². The minimum absolute atomic E-state index is 0.0650. The first-order valence-corrected chi connectivity index (χ1v) is 7.54. The van der Waals surface area contributed by atoms with Crippen molar-refractivity contribution in [2.45, 2.75) is 70.6 Å². The number of ether oxygens (including phenoxy) is 2. The summed E-state index contributed by atoms with van der Waals surface area (Å²) in [5.74, 6) is -0.0687. The van der Waals surface area contributed by atoms with Gasteiger partial charge in [-0.25, -0.2) is 0 Å². The first-order valence-electron chi connectivity index (χ1n) is 7.54. The number of nitrogens with zero attached hydrogens (tertiary/aromatic N) is 1. The Hall–Kier alpha value is -0.610. The number of carbonyl (C=O) groups is 1. The van der Waals surface area contributed by atoms with Gasteiger partial charge in [0.05, 0.1) is 6.10 Å². The van der Waals surface area contributed by atoms with Crippen molar-refractivity contribution >= 4 is 5.97 Å². The molecule has 4 heteroatoms. The fourth-order valence-corrected chi connectivity index (χ4v) is 2.89. The van der Waals surface area contributed by atoms with Gasteiger partial charge in [0.1, 0.15) is 11.6 Å². The van der Waals surface area contributed by atoms with E-state index in [1.807, 2.05) is 20.8 Å². The van der Waals surface area contributed by atoms with Crippen molar-refractivity contribution < 1.29 is 14.3 Å². The van der Waals surface area contributed by atoms with Gasteiger partial charge in [0.15, 0.2) is 0 Å². The Labute approximate surface area is 116 Å². The zero-order valence-corrected chi connectivity index (χ0v) is 12.5. The van der Waals surface area contributed by atoms with Gasteiger partial charge >= 0.3 is 5.97 Å². The lowest BCUT2D eigenvalue weighted by Crippen LogP contribution is -2.44. The Morgan fingerprint density at radius 3 is 2.68 bits per heavy atom. The SMILES string of the molecule is CC(C)(C)OC(=O)[C@@H]1CCCN1CC1CCCCO1. The number of likely N-dealkylation sites (tertiary alicyclic amines) is 1. The summed E-state index contributed by atoms with van der Waals surface area (Å²) in [5.41, 5.74) is -0.396. The highest BCUT2D eigenvalue weighted by Crippen LogP contribution is 2.23. The molecule has 2 heterocycles. The molecule has 110 valence electrons. The van der Waals surface area contributed by atoms with Crippen LogP contribution in [0.3, 0.4) is 0 Å². The predicted molar refractivity (Wildman–Crippen MR) is 74.0 cm³/mol. The minimum atomic E-state index is -0.396. The predicted octanol–water partition coefficient (Wildman–Crippen LogP) is 2.36. The van der Waals surface area contributed by atoms with Crippen LogP contribution in [0.25, 0.3) is 0 Å². The van der Waals surface area contributed by atoms with Crippen LogP contribution >= 0.6 is 0 Å². The van der Waals surface area contributed by atoms with E-state index in [4.69, 9.17) is 9.47 Å². The molecule has 0 aromatic heterocycles. The minimum Gasteiger partial charge on any atom is -0.459 e. The topological polar surface area (TPSA) is 38.8 Å². The lowest BCUT2D eigenvalue weighted by atomic mass is 10.1. The van der Waals surface area contributed by atoms with Gasteiger partial charge in [0.2, 0.25) is 0 Å². The second kappa shape index (κ2) is 6.23. The Morgan fingerprint density at radius 1 is 1.26 bits per heavy atom. The Balaban J connectivity index is 1.87. The number of hydrogen-bond acceptors (Lipinski definition) is 4. The van der Waals surface area contributed by atoms with Crippen molar-refractivity contribution in [1.29, 1.82) is 0 Å². The maximum Gasteiger partial charge on any atom is 0.323 e. The van der Waals surface area contributed by atoms with E-state index >= 15 is 0 Å². The van der Waals surface area contributed by atoms with E-state index in [2.05, 4.69) is 4.90 Å². The van der Waals surface area contributed by atoms with Crippen molar-refractivity contribution in [3.63, 3.8) is 0 Å². The molecule has 0 saturated carbocycles. The summed E-state index contributed by atoms with van der Waals surface area (Å²) in [5, 5.41) is 0. The molecule has 0 aromatic rings. The molecule has 0 aromatic carbocycles. The second-order valence-corrected chi connectivity index (χ2v) is 6.68. The van der Waals surface area contributed by atoms with Crippen LogP contribution in [0.1, 0.15) is 52.9 Å². The summed E-state index contributed by atoms with van der Waals surface area (Å²) in [6.45, 7) is 8.51. The van der Waals surface area contributed by atoms with E-state index in [-0.39, 0.29) is 12.0 Å². The van der Waals surface area contributed by atoms with E-state index in [0.717, 1.165) is 39.0 Å². The molecule has 2 aliphatic rings. The second-order valence-electron chi connectivity index (χ2n) is 6.68. The number of hydrogen-bond donors (Lipinski definition) is 0. The molecule has 0 bridgehead atoms.